The highest BCUT2D eigenvalue weighted by Gasteiger charge is 2.34. The van der Waals surface area contributed by atoms with Gasteiger partial charge in [0.15, 0.2) is 5.92 Å². The molecule has 20 heavy (non-hydrogen) atoms. The van der Waals surface area contributed by atoms with Gasteiger partial charge >= 0.3 is 5.97 Å². The molecule has 4 nitrogen and oxygen atoms in total. The van der Waals surface area contributed by atoms with Crippen molar-refractivity contribution in [2.24, 2.45) is 5.92 Å². The van der Waals surface area contributed by atoms with Crippen molar-refractivity contribution >= 4 is 5.97 Å². The van der Waals surface area contributed by atoms with E-state index < -0.39 is 17.8 Å². The number of hydrogen-bond acceptors (Lipinski definition) is 4. The highest BCUT2D eigenvalue weighted by atomic mass is 16.5. The molecule has 102 valence electrons. The van der Waals surface area contributed by atoms with Gasteiger partial charge in [-0.1, -0.05) is 30.3 Å². The summed E-state index contributed by atoms with van der Waals surface area (Å²) in [4.78, 5) is 12.0. The molecule has 0 amide bonds. The van der Waals surface area contributed by atoms with Crippen molar-refractivity contribution in [2.75, 3.05) is 6.61 Å². The summed E-state index contributed by atoms with van der Waals surface area (Å²) < 4.78 is 10.4. The van der Waals surface area contributed by atoms with Crippen LogP contribution in [-0.4, -0.2) is 12.6 Å². The van der Waals surface area contributed by atoms with Gasteiger partial charge in [-0.25, -0.2) is 0 Å². The van der Waals surface area contributed by atoms with Crippen molar-refractivity contribution in [3.05, 3.63) is 60.1 Å². The second kappa shape index (κ2) is 6.58. The smallest absolute Gasteiger partial charge is 0.324 e. The zero-order chi connectivity index (χ0) is 14.4. The lowest BCUT2D eigenvalue weighted by Crippen LogP contribution is -2.24. The van der Waals surface area contributed by atoms with Crippen molar-refractivity contribution in [2.45, 2.75) is 12.8 Å². The third kappa shape index (κ3) is 2.89. The van der Waals surface area contributed by atoms with Gasteiger partial charge in [0.2, 0.25) is 0 Å². The average Bonchev–Trinajstić information content (AvgIpc) is 2.99. The zero-order valence-corrected chi connectivity index (χ0v) is 11.2. The highest BCUT2D eigenvalue weighted by molar-refractivity contribution is 5.77. The molecule has 4 heteroatoms. The molecular formula is C16H15NO3. The Labute approximate surface area is 117 Å². The van der Waals surface area contributed by atoms with E-state index in [0.717, 1.165) is 5.56 Å². The van der Waals surface area contributed by atoms with Crippen LogP contribution in [0.15, 0.2) is 53.1 Å². The predicted octanol–water partition coefficient (Wildman–Crippen LogP) is 3.11. The summed E-state index contributed by atoms with van der Waals surface area (Å²) in [7, 11) is 0. The molecule has 1 aromatic carbocycles. The van der Waals surface area contributed by atoms with Crippen LogP contribution in [0.2, 0.25) is 0 Å². The van der Waals surface area contributed by atoms with Crippen LogP contribution in [0, 0.1) is 17.2 Å². The maximum atomic E-state index is 12.0. The number of rotatable bonds is 5. The summed E-state index contributed by atoms with van der Waals surface area (Å²) in [5, 5.41) is 9.36. The third-order valence-electron chi connectivity index (χ3n) is 3.02. The summed E-state index contributed by atoms with van der Waals surface area (Å²) in [5.41, 5.74) is 0.849. The Morgan fingerprint density at radius 1 is 1.30 bits per heavy atom. The third-order valence-corrected chi connectivity index (χ3v) is 3.02. The lowest BCUT2D eigenvalue weighted by Gasteiger charge is -2.19. The lowest BCUT2D eigenvalue weighted by atomic mass is 9.85. The summed E-state index contributed by atoms with van der Waals surface area (Å²) in [6.45, 7) is 1.97. The van der Waals surface area contributed by atoms with Gasteiger partial charge in [0.25, 0.3) is 0 Å². The maximum Gasteiger partial charge on any atom is 0.324 e. The minimum atomic E-state index is -0.927. The first-order valence-corrected chi connectivity index (χ1v) is 6.42. The minimum absolute atomic E-state index is 0.247. The molecule has 0 fully saturated rings. The fraction of sp³-hybridized carbons (Fsp3) is 0.250. The molecule has 0 saturated carbocycles. The number of nitrogens with zero attached hydrogens (tertiary/aromatic N) is 1. The Balaban J connectivity index is 2.42. The number of carbonyl (C=O) groups is 1. The molecule has 2 rings (SSSR count). The van der Waals surface area contributed by atoms with Gasteiger partial charge in [-0.15, -0.1) is 0 Å². The van der Waals surface area contributed by atoms with Gasteiger partial charge in [0.05, 0.1) is 24.9 Å². The lowest BCUT2D eigenvalue weighted by molar-refractivity contribution is -0.146. The Kier molecular flexibility index (Phi) is 4.56. The van der Waals surface area contributed by atoms with Gasteiger partial charge in [-0.05, 0) is 24.6 Å². The molecule has 0 aliphatic rings. The van der Waals surface area contributed by atoms with Gasteiger partial charge in [0, 0.05) is 0 Å². The molecule has 0 radical (unpaired) electrons. The van der Waals surface area contributed by atoms with Crippen LogP contribution in [0.4, 0.5) is 0 Å². The van der Waals surface area contributed by atoms with Crippen molar-refractivity contribution in [1.29, 1.82) is 5.26 Å². The van der Waals surface area contributed by atoms with Crippen molar-refractivity contribution in [1.82, 2.24) is 0 Å². The molecule has 0 spiro atoms. The summed E-state index contributed by atoms with van der Waals surface area (Å²) in [6, 6.07) is 14.9. The van der Waals surface area contributed by atoms with Crippen LogP contribution in [0.5, 0.6) is 0 Å². The summed E-state index contributed by atoms with van der Waals surface area (Å²) in [5.74, 6) is -1.34. The molecular weight excluding hydrogens is 254 g/mol. The fourth-order valence-electron chi connectivity index (χ4n) is 2.14. The molecule has 1 aromatic heterocycles. The molecule has 0 N–H and O–H groups in total. The second-order valence-corrected chi connectivity index (χ2v) is 4.26. The fourth-order valence-corrected chi connectivity index (χ4v) is 2.14. The van der Waals surface area contributed by atoms with E-state index in [1.807, 2.05) is 36.4 Å². The largest absolute Gasteiger partial charge is 0.469 e. The van der Waals surface area contributed by atoms with Crippen LogP contribution >= 0.6 is 0 Å². The van der Waals surface area contributed by atoms with E-state index in [1.165, 1.54) is 6.26 Å². The molecule has 2 aromatic rings. The number of carbonyl (C=O) groups excluding carboxylic acids is 1. The Morgan fingerprint density at radius 2 is 2.05 bits per heavy atom. The molecule has 2 unspecified atom stereocenters. The van der Waals surface area contributed by atoms with E-state index >= 15 is 0 Å². The van der Waals surface area contributed by atoms with Gasteiger partial charge in [0.1, 0.15) is 5.76 Å². The number of nitriles is 1. The monoisotopic (exact) mass is 269 g/mol. The van der Waals surface area contributed by atoms with Crippen LogP contribution in [0.1, 0.15) is 24.2 Å². The van der Waals surface area contributed by atoms with Crippen molar-refractivity contribution in [3.8, 4) is 6.07 Å². The second-order valence-electron chi connectivity index (χ2n) is 4.26. The topological polar surface area (TPSA) is 63.2 Å². The van der Waals surface area contributed by atoms with Crippen LogP contribution < -0.4 is 0 Å². The minimum Gasteiger partial charge on any atom is -0.469 e. The maximum absolute atomic E-state index is 12.0. The first-order chi connectivity index (χ1) is 9.77. The Bertz CT molecular complexity index is 584. The Hall–Kier alpha value is -2.54. The molecule has 0 aliphatic carbocycles. The quantitative estimate of drug-likeness (QED) is 0.782. The average molecular weight is 269 g/mol. The Morgan fingerprint density at radius 3 is 2.60 bits per heavy atom. The van der Waals surface area contributed by atoms with E-state index in [9.17, 15) is 10.1 Å². The van der Waals surface area contributed by atoms with Gasteiger partial charge in [-0.2, -0.15) is 5.26 Å². The normalized spacial score (nSPS) is 13.2. The SMILES string of the molecule is CCOC(=O)C(C#N)C(c1ccccc1)c1ccco1. The zero-order valence-electron chi connectivity index (χ0n) is 11.2. The number of furan rings is 1. The summed E-state index contributed by atoms with van der Waals surface area (Å²) >= 11 is 0. The number of ether oxygens (including phenoxy) is 1. The van der Waals surface area contributed by atoms with E-state index in [1.54, 1.807) is 19.1 Å². The predicted molar refractivity (Wildman–Crippen MR) is 72.7 cm³/mol. The number of hydrogen-bond donors (Lipinski definition) is 0. The number of esters is 1. The van der Waals surface area contributed by atoms with E-state index in [0.29, 0.717) is 5.76 Å². The molecule has 1 heterocycles. The van der Waals surface area contributed by atoms with E-state index in [2.05, 4.69) is 0 Å². The van der Waals surface area contributed by atoms with Crippen LogP contribution in [0.3, 0.4) is 0 Å². The van der Waals surface area contributed by atoms with Crippen molar-refractivity contribution in [3.63, 3.8) is 0 Å². The van der Waals surface area contributed by atoms with E-state index in [-0.39, 0.29) is 6.61 Å². The van der Waals surface area contributed by atoms with Crippen molar-refractivity contribution < 1.29 is 13.9 Å². The standard InChI is InChI=1S/C16H15NO3/c1-2-19-16(18)13(11-17)15(14-9-6-10-20-14)12-7-4-3-5-8-12/h3-10,13,15H,2H2,1H3. The first kappa shape index (κ1) is 13.9. The first-order valence-electron chi connectivity index (χ1n) is 6.42. The highest BCUT2D eigenvalue weighted by Crippen LogP contribution is 2.33. The molecule has 0 aliphatic heterocycles. The van der Waals surface area contributed by atoms with Gasteiger partial charge < -0.3 is 9.15 Å². The van der Waals surface area contributed by atoms with E-state index in [4.69, 9.17) is 9.15 Å². The molecule has 0 saturated heterocycles. The van der Waals surface area contributed by atoms with Gasteiger partial charge in [-0.3, -0.25) is 4.79 Å². The van der Waals surface area contributed by atoms with Crippen LogP contribution in [0.25, 0.3) is 0 Å². The molecule has 0 bridgehead atoms. The summed E-state index contributed by atoms with van der Waals surface area (Å²) in [6.07, 6.45) is 1.53. The molecule has 2 atom stereocenters. The number of benzene rings is 1. The van der Waals surface area contributed by atoms with Crippen LogP contribution in [-0.2, 0) is 9.53 Å².